The molecule has 0 amide bonds. The van der Waals surface area contributed by atoms with Crippen LogP contribution in [0.2, 0.25) is 0 Å². The number of fused-ring (bicyclic) bond motifs is 1. The van der Waals surface area contributed by atoms with E-state index in [2.05, 4.69) is 4.72 Å². The van der Waals surface area contributed by atoms with Gasteiger partial charge in [-0.15, -0.1) is 10.8 Å². The van der Waals surface area contributed by atoms with Crippen molar-refractivity contribution in [3.8, 4) is 17.2 Å². The van der Waals surface area contributed by atoms with Crippen molar-refractivity contribution in [1.29, 1.82) is 0 Å². The summed E-state index contributed by atoms with van der Waals surface area (Å²) >= 11 is 0. The molecule has 0 fully saturated rings. The number of phenolic OH excluding ortho intramolecular Hbond substituents is 1. The van der Waals surface area contributed by atoms with Crippen LogP contribution >= 0.6 is 10.8 Å². The van der Waals surface area contributed by atoms with Gasteiger partial charge >= 0.3 is 0 Å². The van der Waals surface area contributed by atoms with E-state index in [1.54, 1.807) is 24.3 Å². The second-order valence-electron chi connectivity index (χ2n) is 5.09. The molecule has 1 aliphatic heterocycles. The van der Waals surface area contributed by atoms with Crippen molar-refractivity contribution in [1.82, 2.24) is 4.72 Å². The summed E-state index contributed by atoms with van der Waals surface area (Å²) < 4.78 is 29.0. The van der Waals surface area contributed by atoms with E-state index in [0.717, 1.165) is 5.69 Å². The van der Waals surface area contributed by atoms with E-state index >= 15 is 0 Å². The average molecular weight is 322 g/mol. The highest BCUT2D eigenvalue weighted by atomic mass is 32.3. The van der Waals surface area contributed by atoms with Crippen LogP contribution in [0.3, 0.4) is 0 Å². The van der Waals surface area contributed by atoms with Crippen LogP contribution in [0.15, 0.2) is 47.4 Å². The largest absolute Gasteiger partial charge is 0.508 e. The molecule has 0 saturated carbocycles. The number of phenols is 1. The third kappa shape index (κ3) is 2.97. The van der Waals surface area contributed by atoms with Crippen LogP contribution in [0, 0.1) is 0 Å². The maximum atomic E-state index is 10.3. The lowest BCUT2D eigenvalue weighted by Gasteiger charge is -2.32. The Morgan fingerprint density at radius 1 is 1.09 bits per heavy atom. The summed E-state index contributed by atoms with van der Waals surface area (Å²) in [6.07, 6.45) is 0. The molecule has 3 rings (SSSR count). The second kappa shape index (κ2) is 5.69. The lowest BCUT2D eigenvalue weighted by Crippen LogP contribution is -2.26. The Hall–Kier alpha value is -1.93. The maximum Gasteiger partial charge on any atom is 0.129 e. The maximum absolute atomic E-state index is 10.3. The van der Waals surface area contributed by atoms with Crippen molar-refractivity contribution in [2.24, 2.45) is 0 Å². The molecule has 22 heavy (non-hydrogen) atoms. The molecule has 2 aromatic rings. The van der Waals surface area contributed by atoms with Crippen molar-refractivity contribution in [3.05, 3.63) is 42.5 Å². The molecular weight excluding hydrogens is 304 g/mol. The van der Waals surface area contributed by atoms with Gasteiger partial charge < -0.3 is 14.7 Å². The summed E-state index contributed by atoms with van der Waals surface area (Å²) in [5, 5.41) is 9.28. The minimum absolute atomic E-state index is 0.161. The molecule has 0 atom stereocenters. The summed E-state index contributed by atoms with van der Waals surface area (Å²) in [7, 11) is -1.14. The Kier molecular flexibility index (Phi) is 3.88. The molecule has 6 nitrogen and oxygen atoms in total. The fraction of sp³-hybridized carbons (Fsp3) is 0.200. The third-order valence-corrected chi connectivity index (χ3v) is 5.02. The van der Waals surface area contributed by atoms with Crippen LogP contribution in [0.25, 0.3) is 0 Å². The number of nitrogens with one attached hydrogen (secondary N) is 1. The molecule has 0 aliphatic carbocycles. The number of rotatable bonds is 2. The van der Waals surface area contributed by atoms with Crippen LogP contribution in [0.5, 0.6) is 17.2 Å². The fourth-order valence-electron chi connectivity index (χ4n) is 2.31. The predicted molar refractivity (Wildman–Crippen MR) is 87.0 cm³/mol. The Morgan fingerprint density at radius 2 is 1.77 bits per heavy atom. The standard InChI is InChI=1S/C15H18N2O4S/c1-17-9-8-16-22(19,20)15-10-13(6-7-14(15)17)21-12-4-2-11(18)3-5-12/h2-7,10,16,18-20H,8-9H2,1H3. The molecule has 7 heteroatoms. The monoisotopic (exact) mass is 322 g/mol. The van der Waals surface area contributed by atoms with Gasteiger partial charge in [0.1, 0.15) is 22.1 Å². The average Bonchev–Trinajstić information content (AvgIpc) is 2.59. The van der Waals surface area contributed by atoms with Gasteiger partial charge in [-0.2, -0.15) is 0 Å². The van der Waals surface area contributed by atoms with E-state index in [1.807, 2.05) is 18.0 Å². The molecule has 4 N–H and O–H groups in total. The van der Waals surface area contributed by atoms with E-state index in [4.69, 9.17) is 4.74 Å². The van der Waals surface area contributed by atoms with Gasteiger partial charge in [-0.3, -0.25) is 9.11 Å². The molecule has 1 heterocycles. The van der Waals surface area contributed by atoms with Crippen molar-refractivity contribution in [3.63, 3.8) is 0 Å². The molecule has 0 bridgehead atoms. The van der Waals surface area contributed by atoms with Crippen LogP contribution in [0.4, 0.5) is 5.69 Å². The summed E-state index contributed by atoms with van der Waals surface area (Å²) in [5.74, 6) is 1.22. The predicted octanol–water partition coefficient (Wildman–Crippen LogP) is 3.25. The highest BCUT2D eigenvalue weighted by molar-refractivity contribution is 8.22. The van der Waals surface area contributed by atoms with Crippen LogP contribution in [-0.2, 0) is 0 Å². The van der Waals surface area contributed by atoms with Gasteiger partial charge in [-0.1, -0.05) is 0 Å². The van der Waals surface area contributed by atoms with Gasteiger partial charge in [0, 0.05) is 26.2 Å². The highest BCUT2D eigenvalue weighted by Crippen LogP contribution is 2.51. The first-order chi connectivity index (χ1) is 10.5. The SMILES string of the molecule is CN1CCNS(O)(O)c2cc(Oc3ccc(O)cc3)ccc21. The van der Waals surface area contributed by atoms with Gasteiger partial charge in [0.15, 0.2) is 0 Å². The number of hydrogen-bond donors (Lipinski definition) is 4. The van der Waals surface area contributed by atoms with Crippen molar-refractivity contribution in [2.45, 2.75) is 4.90 Å². The molecule has 0 aromatic heterocycles. The molecule has 0 unspecified atom stereocenters. The minimum atomic E-state index is -3.04. The van der Waals surface area contributed by atoms with Crippen LogP contribution < -0.4 is 14.4 Å². The lowest BCUT2D eigenvalue weighted by atomic mass is 10.2. The second-order valence-corrected chi connectivity index (χ2v) is 6.92. The normalized spacial score (nSPS) is 18.2. The number of benzene rings is 2. The van der Waals surface area contributed by atoms with E-state index in [1.165, 1.54) is 12.1 Å². The third-order valence-electron chi connectivity index (χ3n) is 3.47. The zero-order valence-electron chi connectivity index (χ0n) is 12.1. The number of nitrogens with zero attached hydrogens (tertiary/aromatic N) is 1. The number of anilines is 1. The lowest BCUT2D eigenvalue weighted by molar-refractivity contribution is 0.461. The fourth-order valence-corrected chi connectivity index (χ4v) is 3.63. The molecular formula is C15H18N2O4S. The Labute approximate surface area is 130 Å². The zero-order valence-corrected chi connectivity index (χ0v) is 12.9. The van der Waals surface area contributed by atoms with Crippen LogP contribution in [0.1, 0.15) is 0 Å². The Bertz CT molecular complexity index is 676. The molecule has 0 saturated heterocycles. The van der Waals surface area contributed by atoms with Gasteiger partial charge in [-0.25, -0.2) is 4.72 Å². The summed E-state index contributed by atoms with van der Waals surface area (Å²) in [6.45, 7) is 1.17. The first-order valence-corrected chi connectivity index (χ1v) is 8.35. The van der Waals surface area contributed by atoms with Gasteiger partial charge in [0.05, 0.1) is 5.69 Å². The number of ether oxygens (including phenoxy) is 1. The van der Waals surface area contributed by atoms with E-state index in [9.17, 15) is 14.2 Å². The summed E-state index contributed by atoms with van der Waals surface area (Å²) in [4.78, 5) is 2.39. The molecule has 0 radical (unpaired) electrons. The molecule has 2 aromatic carbocycles. The minimum Gasteiger partial charge on any atom is -0.508 e. The molecule has 1 aliphatic rings. The Morgan fingerprint density at radius 3 is 2.50 bits per heavy atom. The molecule has 118 valence electrons. The van der Waals surface area contributed by atoms with Crippen molar-refractivity contribution < 1.29 is 18.9 Å². The van der Waals surface area contributed by atoms with Gasteiger partial charge in [0.25, 0.3) is 0 Å². The van der Waals surface area contributed by atoms with Crippen molar-refractivity contribution >= 4 is 16.5 Å². The number of aromatic hydroxyl groups is 1. The van der Waals surface area contributed by atoms with E-state index in [0.29, 0.717) is 29.5 Å². The smallest absolute Gasteiger partial charge is 0.129 e. The molecule has 0 spiro atoms. The van der Waals surface area contributed by atoms with Crippen LogP contribution in [-0.4, -0.2) is 34.3 Å². The first-order valence-electron chi connectivity index (χ1n) is 6.81. The summed E-state index contributed by atoms with van der Waals surface area (Å²) in [6, 6.07) is 11.6. The van der Waals surface area contributed by atoms with E-state index < -0.39 is 10.8 Å². The first kappa shape index (κ1) is 15.0. The highest BCUT2D eigenvalue weighted by Gasteiger charge is 2.25. The van der Waals surface area contributed by atoms with Gasteiger partial charge in [0.2, 0.25) is 0 Å². The zero-order chi connectivity index (χ0) is 15.7. The number of likely N-dealkylation sites (N-methyl/N-ethyl adjacent to an activating group) is 1. The quantitative estimate of drug-likeness (QED) is 0.679. The van der Waals surface area contributed by atoms with Crippen molar-refractivity contribution in [2.75, 3.05) is 25.0 Å². The summed E-state index contributed by atoms with van der Waals surface area (Å²) in [5.41, 5.74) is 0.767. The van der Waals surface area contributed by atoms with E-state index in [-0.39, 0.29) is 5.75 Å². The topological polar surface area (TPSA) is 85.2 Å². The van der Waals surface area contributed by atoms with Gasteiger partial charge in [-0.05, 0) is 36.4 Å². The number of hydrogen-bond acceptors (Lipinski definition) is 6. The Balaban J connectivity index is 1.95.